The van der Waals surface area contributed by atoms with Crippen molar-refractivity contribution in [2.45, 2.75) is 26.1 Å². The molecule has 0 aromatic heterocycles. The minimum Gasteiger partial charge on any atom is -0.493 e. The summed E-state index contributed by atoms with van der Waals surface area (Å²) in [5.41, 5.74) is 0.922. The van der Waals surface area contributed by atoms with Crippen molar-refractivity contribution in [2.75, 3.05) is 34.0 Å². The molecule has 1 aromatic rings. The molecule has 0 atom stereocenters. The van der Waals surface area contributed by atoms with Gasteiger partial charge in [-0.05, 0) is 30.0 Å². The van der Waals surface area contributed by atoms with Gasteiger partial charge in [-0.25, -0.2) is 0 Å². The van der Waals surface area contributed by atoms with Crippen LogP contribution in [0.15, 0.2) is 12.1 Å². The molecule has 0 aliphatic rings. The topological polar surface area (TPSA) is 36.9 Å². The third-order valence-corrected chi connectivity index (χ3v) is 3.30. The van der Waals surface area contributed by atoms with Crippen molar-refractivity contribution in [3.8, 4) is 17.2 Å². The van der Waals surface area contributed by atoms with Crippen molar-refractivity contribution in [3.63, 3.8) is 0 Å². The highest BCUT2D eigenvalue weighted by Gasteiger charge is 2.13. The Morgan fingerprint density at radius 2 is 1.62 bits per heavy atom. The Morgan fingerprint density at radius 1 is 1.00 bits per heavy atom. The van der Waals surface area contributed by atoms with Gasteiger partial charge in [0.05, 0.1) is 20.8 Å². The predicted molar refractivity (Wildman–Crippen MR) is 84.9 cm³/mol. The molecule has 21 heavy (non-hydrogen) atoms. The minimum atomic E-state index is 0.394. The van der Waals surface area contributed by atoms with Crippen LogP contribution in [0.5, 0.6) is 17.2 Å². The number of ether oxygens (including phenoxy) is 4. The van der Waals surface area contributed by atoms with E-state index in [1.54, 1.807) is 14.2 Å². The molecule has 0 unspecified atom stereocenters. The van der Waals surface area contributed by atoms with E-state index < -0.39 is 0 Å². The molecule has 0 heterocycles. The number of hydrogen-bond donors (Lipinski definition) is 0. The van der Waals surface area contributed by atoms with Crippen LogP contribution in [0.3, 0.4) is 0 Å². The summed E-state index contributed by atoms with van der Waals surface area (Å²) in [6, 6.07) is 3.70. The standard InChI is InChI=1S/C16H25ClO4/c1-12(2)5-6-20-7-8-21-16-14(18-3)9-13(11-17)10-15(16)19-4/h9-10,12H,5-8,11H2,1-4H3. The molecule has 0 saturated heterocycles. The van der Waals surface area contributed by atoms with Gasteiger partial charge >= 0.3 is 0 Å². The highest BCUT2D eigenvalue weighted by Crippen LogP contribution is 2.38. The third kappa shape index (κ3) is 6.02. The van der Waals surface area contributed by atoms with E-state index in [0.29, 0.717) is 42.3 Å². The normalized spacial score (nSPS) is 10.8. The van der Waals surface area contributed by atoms with Crippen LogP contribution in [0.1, 0.15) is 25.8 Å². The first-order valence-corrected chi connectivity index (χ1v) is 7.67. The van der Waals surface area contributed by atoms with Gasteiger partial charge in [-0.15, -0.1) is 11.6 Å². The van der Waals surface area contributed by atoms with Gasteiger partial charge in [0.2, 0.25) is 5.75 Å². The predicted octanol–water partition coefficient (Wildman–Crippen LogP) is 3.88. The number of methoxy groups -OCH3 is 2. The quantitative estimate of drug-likeness (QED) is 0.485. The zero-order valence-electron chi connectivity index (χ0n) is 13.3. The summed E-state index contributed by atoms with van der Waals surface area (Å²) in [5.74, 6) is 2.86. The van der Waals surface area contributed by atoms with Crippen molar-refractivity contribution >= 4 is 11.6 Å². The SMILES string of the molecule is COc1cc(CCl)cc(OC)c1OCCOCCC(C)C. The summed E-state index contributed by atoms with van der Waals surface area (Å²) in [6.07, 6.45) is 1.05. The van der Waals surface area contributed by atoms with Crippen LogP contribution < -0.4 is 14.2 Å². The second-order valence-corrected chi connectivity index (χ2v) is 5.37. The van der Waals surface area contributed by atoms with E-state index in [0.717, 1.165) is 18.6 Å². The van der Waals surface area contributed by atoms with Crippen molar-refractivity contribution in [3.05, 3.63) is 17.7 Å². The Morgan fingerprint density at radius 3 is 2.10 bits per heavy atom. The van der Waals surface area contributed by atoms with Gasteiger partial charge in [-0.2, -0.15) is 0 Å². The number of hydrogen-bond acceptors (Lipinski definition) is 4. The van der Waals surface area contributed by atoms with E-state index in [1.807, 2.05) is 12.1 Å². The summed E-state index contributed by atoms with van der Waals surface area (Å²) in [5, 5.41) is 0. The maximum absolute atomic E-state index is 5.85. The Labute approximate surface area is 132 Å². The number of halogens is 1. The highest BCUT2D eigenvalue weighted by atomic mass is 35.5. The van der Waals surface area contributed by atoms with Gasteiger partial charge < -0.3 is 18.9 Å². The van der Waals surface area contributed by atoms with Crippen LogP contribution in [0, 0.1) is 5.92 Å². The molecule has 1 aromatic carbocycles. The Bertz CT molecular complexity index is 396. The molecule has 4 nitrogen and oxygen atoms in total. The second kappa shape index (κ2) is 9.74. The maximum Gasteiger partial charge on any atom is 0.203 e. The van der Waals surface area contributed by atoms with E-state index in [-0.39, 0.29) is 0 Å². The van der Waals surface area contributed by atoms with Crippen molar-refractivity contribution in [1.29, 1.82) is 0 Å². The fourth-order valence-electron chi connectivity index (χ4n) is 1.78. The van der Waals surface area contributed by atoms with E-state index in [9.17, 15) is 0 Å². The Hall–Kier alpha value is -1.13. The molecule has 0 amide bonds. The first-order valence-electron chi connectivity index (χ1n) is 7.13. The third-order valence-electron chi connectivity index (χ3n) is 2.99. The maximum atomic E-state index is 5.85. The summed E-state index contributed by atoms with van der Waals surface area (Å²) >= 11 is 5.85. The van der Waals surface area contributed by atoms with Crippen LogP contribution in [-0.4, -0.2) is 34.0 Å². The molecular formula is C16H25ClO4. The summed E-state index contributed by atoms with van der Waals surface area (Å²) in [7, 11) is 3.19. The average Bonchev–Trinajstić information content (AvgIpc) is 2.49. The van der Waals surface area contributed by atoms with E-state index in [4.69, 9.17) is 30.5 Å². The molecule has 0 fully saturated rings. The van der Waals surface area contributed by atoms with Crippen LogP contribution in [0.25, 0.3) is 0 Å². The molecule has 0 N–H and O–H groups in total. The molecule has 0 aliphatic carbocycles. The molecule has 5 heteroatoms. The molecule has 0 radical (unpaired) electrons. The van der Waals surface area contributed by atoms with Gasteiger partial charge in [0.25, 0.3) is 0 Å². The van der Waals surface area contributed by atoms with Crippen molar-refractivity contribution < 1.29 is 18.9 Å². The second-order valence-electron chi connectivity index (χ2n) is 5.11. The monoisotopic (exact) mass is 316 g/mol. The average molecular weight is 317 g/mol. The molecule has 0 saturated carbocycles. The molecule has 1 rings (SSSR count). The number of rotatable bonds is 10. The Kier molecular flexibility index (Phi) is 8.31. The van der Waals surface area contributed by atoms with Crippen LogP contribution in [-0.2, 0) is 10.6 Å². The lowest BCUT2D eigenvalue weighted by Gasteiger charge is -2.15. The fraction of sp³-hybridized carbons (Fsp3) is 0.625. The summed E-state index contributed by atoms with van der Waals surface area (Å²) < 4.78 is 21.9. The van der Waals surface area contributed by atoms with Gasteiger partial charge in [0.1, 0.15) is 6.61 Å². The molecular weight excluding hydrogens is 292 g/mol. The van der Waals surface area contributed by atoms with E-state index in [1.165, 1.54) is 0 Å². The lowest BCUT2D eigenvalue weighted by molar-refractivity contribution is 0.0906. The number of benzene rings is 1. The van der Waals surface area contributed by atoms with Crippen LogP contribution >= 0.6 is 11.6 Å². The van der Waals surface area contributed by atoms with Crippen LogP contribution in [0.2, 0.25) is 0 Å². The lowest BCUT2D eigenvalue weighted by Crippen LogP contribution is -2.10. The number of alkyl halides is 1. The zero-order valence-corrected chi connectivity index (χ0v) is 14.0. The van der Waals surface area contributed by atoms with Gasteiger partial charge in [0.15, 0.2) is 11.5 Å². The lowest BCUT2D eigenvalue weighted by atomic mass is 10.1. The highest BCUT2D eigenvalue weighted by molar-refractivity contribution is 6.17. The van der Waals surface area contributed by atoms with Crippen molar-refractivity contribution in [1.82, 2.24) is 0 Å². The smallest absolute Gasteiger partial charge is 0.203 e. The molecule has 0 spiro atoms. The summed E-state index contributed by atoms with van der Waals surface area (Å²) in [4.78, 5) is 0. The summed E-state index contributed by atoms with van der Waals surface area (Å²) in [6.45, 7) is 6.09. The zero-order chi connectivity index (χ0) is 15.7. The van der Waals surface area contributed by atoms with Gasteiger partial charge in [-0.3, -0.25) is 0 Å². The Balaban J connectivity index is 2.57. The van der Waals surface area contributed by atoms with Crippen molar-refractivity contribution in [2.24, 2.45) is 5.92 Å². The van der Waals surface area contributed by atoms with Crippen LogP contribution in [0.4, 0.5) is 0 Å². The molecule has 120 valence electrons. The van der Waals surface area contributed by atoms with E-state index in [2.05, 4.69) is 13.8 Å². The van der Waals surface area contributed by atoms with Gasteiger partial charge in [0, 0.05) is 12.5 Å². The minimum absolute atomic E-state index is 0.394. The van der Waals surface area contributed by atoms with Gasteiger partial charge in [-0.1, -0.05) is 13.8 Å². The molecule has 0 aliphatic heterocycles. The fourth-order valence-corrected chi connectivity index (χ4v) is 1.93. The molecule has 0 bridgehead atoms. The van der Waals surface area contributed by atoms with E-state index >= 15 is 0 Å². The largest absolute Gasteiger partial charge is 0.493 e. The first kappa shape index (κ1) is 17.9. The first-order chi connectivity index (χ1) is 10.1.